The first-order valence-corrected chi connectivity index (χ1v) is 6.14. The van der Waals surface area contributed by atoms with Gasteiger partial charge in [0.2, 0.25) is 0 Å². The molecule has 15 heavy (non-hydrogen) atoms. The van der Waals surface area contributed by atoms with Crippen LogP contribution < -0.4 is 5.32 Å². The summed E-state index contributed by atoms with van der Waals surface area (Å²) in [6, 6.07) is 0.0833. The number of hydrogen-bond acceptors (Lipinski definition) is 4. The third-order valence-electron chi connectivity index (χ3n) is 2.66. The van der Waals surface area contributed by atoms with E-state index in [4.69, 9.17) is 0 Å². The highest BCUT2D eigenvalue weighted by Gasteiger charge is 2.22. The van der Waals surface area contributed by atoms with Gasteiger partial charge >= 0.3 is 0 Å². The van der Waals surface area contributed by atoms with Gasteiger partial charge in [0.25, 0.3) is 0 Å². The van der Waals surface area contributed by atoms with E-state index >= 15 is 0 Å². The fourth-order valence-corrected chi connectivity index (χ4v) is 1.87. The number of nitrogens with one attached hydrogen (secondary N) is 1. The van der Waals surface area contributed by atoms with E-state index < -0.39 is 5.60 Å². The Morgan fingerprint density at radius 2 is 2.20 bits per heavy atom. The van der Waals surface area contributed by atoms with Gasteiger partial charge in [0.05, 0.1) is 10.6 Å². The quantitative estimate of drug-likeness (QED) is 0.810. The molecule has 2 N–H and O–H groups in total. The minimum absolute atomic E-state index is 0.0833. The number of rotatable bonds is 5. The molecule has 0 aromatic carbocycles. The number of nitrogens with zero attached hydrogens (tertiary/aromatic N) is 1. The molecule has 0 aliphatic heterocycles. The molecule has 0 saturated carbocycles. The third kappa shape index (κ3) is 3.89. The largest absolute Gasteiger partial charge is 0.389 e. The van der Waals surface area contributed by atoms with Gasteiger partial charge in [0, 0.05) is 30.1 Å². The second-order valence-corrected chi connectivity index (χ2v) is 5.48. The Balaban J connectivity index is 2.38. The van der Waals surface area contributed by atoms with Crippen LogP contribution in [0.2, 0.25) is 0 Å². The van der Waals surface area contributed by atoms with Crippen molar-refractivity contribution in [2.24, 2.45) is 0 Å². The van der Waals surface area contributed by atoms with Crippen LogP contribution in [0.3, 0.4) is 0 Å². The molecular weight excluding hydrogens is 208 g/mol. The van der Waals surface area contributed by atoms with Gasteiger partial charge in [-0.1, -0.05) is 6.92 Å². The Labute approximate surface area is 95.6 Å². The predicted molar refractivity (Wildman–Crippen MR) is 64.3 cm³/mol. The van der Waals surface area contributed by atoms with E-state index in [1.54, 1.807) is 11.3 Å². The minimum Gasteiger partial charge on any atom is -0.389 e. The average Bonchev–Trinajstić information content (AvgIpc) is 2.64. The summed E-state index contributed by atoms with van der Waals surface area (Å²) in [5.41, 5.74) is -0.678. The zero-order chi connectivity index (χ0) is 11.5. The first kappa shape index (κ1) is 12.6. The van der Waals surface area contributed by atoms with Crippen molar-refractivity contribution in [2.75, 3.05) is 6.54 Å². The molecule has 0 saturated heterocycles. The molecule has 2 unspecified atom stereocenters. The van der Waals surface area contributed by atoms with E-state index in [0.29, 0.717) is 5.92 Å². The molecule has 1 aromatic rings. The summed E-state index contributed by atoms with van der Waals surface area (Å²) in [7, 11) is 0. The second-order valence-electron chi connectivity index (χ2n) is 4.55. The molecule has 2 atom stereocenters. The van der Waals surface area contributed by atoms with Crippen molar-refractivity contribution < 1.29 is 5.11 Å². The van der Waals surface area contributed by atoms with Crippen molar-refractivity contribution in [3.05, 3.63) is 16.6 Å². The lowest BCUT2D eigenvalue weighted by Crippen LogP contribution is -2.45. The summed E-state index contributed by atoms with van der Waals surface area (Å²) in [5, 5.41) is 16.2. The number of aliphatic hydroxyl groups is 1. The van der Waals surface area contributed by atoms with Crippen LogP contribution in [0, 0.1) is 0 Å². The molecule has 0 spiro atoms. The summed E-state index contributed by atoms with van der Waals surface area (Å²) in [4.78, 5) is 4.27. The minimum atomic E-state index is -0.678. The normalized spacial score (nSPS) is 16.3. The van der Waals surface area contributed by atoms with Crippen LogP contribution in [0.1, 0.15) is 38.6 Å². The van der Waals surface area contributed by atoms with Crippen molar-refractivity contribution in [1.82, 2.24) is 10.3 Å². The zero-order valence-corrected chi connectivity index (χ0v) is 10.6. The molecule has 1 heterocycles. The fourth-order valence-electron chi connectivity index (χ4n) is 1.17. The molecule has 4 heteroatoms. The molecule has 0 aliphatic carbocycles. The number of aromatic nitrogens is 1. The maximum absolute atomic E-state index is 9.75. The van der Waals surface area contributed by atoms with E-state index in [0.717, 1.165) is 11.6 Å². The zero-order valence-electron chi connectivity index (χ0n) is 9.82. The van der Waals surface area contributed by atoms with E-state index in [-0.39, 0.29) is 6.04 Å². The molecule has 0 fully saturated rings. The van der Waals surface area contributed by atoms with Crippen molar-refractivity contribution >= 4 is 11.3 Å². The SMILES string of the molecule is CC(CNC(C)C(C)(C)O)c1nccs1. The van der Waals surface area contributed by atoms with Crippen LogP contribution in [0.5, 0.6) is 0 Å². The van der Waals surface area contributed by atoms with E-state index in [9.17, 15) is 5.11 Å². The molecule has 3 nitrogen and oxygen atoms in total. The highest BCUT2D eigenvalue weighted by molar-refractivity contribution is 7.09. The van der Waals surface area contributed by atoms with Gasteiger partial charge in [-0.3, -0.25) is 0 Å². The van der Waals surface area contributed by atoms with Gasteiger partial charge in [0.15, 0.2) is 0 Å². The first-order valence-electron chi connectivity index (χ1n) is 5.26. The maximum atomic E-state index is 9.75. The lowest BCUT2D eigenvalue weighted by atomic mass is 10.0. The highest BCUT2D eigenvalue weighted by Crippen LogP contribution is 2.17. The molecule has 0 radical (unpaired) electrons. The van der Waals surface area contributed by atoms with Gasteiger partial charge in [-0.2, -0.15) is 0 Å². The molecule has 0 amide bonds. The molecule has 1 aromatic heterocycles. The summed E-state index contributed by atoms with van der Waals surface area (Å²) < 4.78 is 0. The van der Waals surface area contributed by atoms with Crippen LogP contribution in [-0.2, 0) is 0 Å². The predicted octanol–water partition coefficient (Wildman–Crippen LogP) is 2.00. The average molecular weight is 228 g/mol. The van der Waals surface area contributed by atoms with Crippen LogP contribution in [-0.4, -0.2) is 28.3 Å². The monoisotopic (exact) mass is 228 g/mol. The van der Waals surface area contributed by atoms with Gasteiger partial charge in [-0.15, -0.1) is 11.3 Å². The van der Waals surface area contributed by atoms with Crippen LogP contribution in [0.15, 0.2) is 11.6 Å². The fraction of sp³-hybridized carbons (Fsp3) is 0.727. The van der Waals surface area contributed by atoms with E-state index in [1.807, 2.05) is 32.3 Å². The summed E-state index contributed by atoms with van der Waals surface area (Å²) >= 11 is 1.68. The summed E-state index contributed by atoms with van der Waals surface area (Å²) in [5.74, 6) is 0.398. The van der Waals surface area contributed by atoms with Gasteiger partial charge in [-0.05, 0) is 20.8 Å². The van der Waals surface area contributed by atoms with Crippen molar-refractivity contribution in [3.63, 3.8) is 0 Å². The number of thiazole rings is 1. The van der Waals surface area contributed by atoms with Gasteiger partial charge in [0.1, 0.15) is 0 Å². The Morgan fingerprint density at radius 1 is 1.53 bits per heavy atom. The van der Waals surface area contributed by atoms with Gasteiger partial charge < -0.3 is 10.4 Å². The summed E-state index contributed by atoms with van der Waals surface area (Å²) in [6.07, 6.45) is 1.83. The number of hydrogen-bond donors (Lipinski definition) is 2. The molecular formula is C11H20N2OS. The third-order valence-corrected chi connectivity index (χ3v) is 3.67. The topological polar surface area (TPSA) is 45.1 Å². The van der Waals surface area contributed by atoms with Crippen molar-refractivity contribution in [1.29, 1.82) is 0 Å². The maximum Gasteiger partial charge on any atom is 0.0965 e. The van der Waals surface area contributed by atoms with E-state index in [1.165, 1.54) is 0 Å². The highest BCUT2D eigenvalue weighted by atomic mass is 32.1. The van der Waals surface area contributed by atoms with Crippen molar-refractivity contribution in [2.45, 2.75) is 45.3 Å². The lowest BCUT2D eigenvalue weighted by molar-refractivity contribution is 0.0440. The molecule has 86 valence electrons. The Morgan fingerprint density at radius 3 is 2.67 bits per heavy atom. The van der Waals surface area contributed by atoms with Gasteiger partial charge in [-0.25, -0.2) is 4.98 Å². The van der Waals surface area contributed by atoms with E-state index in [2.05, 4.69) is 17.2 Å². The Bertz CT molecular complexity index is 279. The second kappa shape index (κ2) is 5.05. The molecule has 0 bridgehead atoms. The Kier molecular flexibility index (Phi) is 4.25. The molecule has 0 aliphatic rings. The Hall–Kier alpha value is -0.450. The first-order chi connectivity index (χ1) is 6.91. The smallest absolute Gasteiger partial charge is 0.0965 e. The van der Waals surface area contributed by atoms with Crippen molar-refractivity contribution in [3.8, 4) is 0 Å². The standard InChI is InChI=1S/C11H20N2OS/c1-8(10-12-5-6-15-10)7-13-9(2)11(3,4)14/h5-6,8-9,13-14H,7H2,1-4H3. The van der Waals surface area contributed by atoms with Crippen LogP contribution in [0.4, 0.5) is 0 Å². The lowest BCUT2D eigenvalue weighted by Gasteiger charge is -2.27. The summed E-state index contributed by atoms with van der Waals surface area (Å²) in [6.45, 7) is 8.62. The van der Waals surface area contributed by atoms with Crippen LogP contribution in [0.25, 0.3) is 0 Å². The molecule has 1 rings (SSSR count). The van der Waals surface area contributed by atoms with Crippen LogP contribution >= 0.6 is 11.3 Å².